The predicted octanol–water partition coefficient (Wildman–Crippen LogP) is 1.80. The van der Waals surface area contributed by atoms with Gasteiger partial charge in [-0.1, -0.05) is 0 Å². The van der Waals surface area contributed by atoms with Crippen LogP contribution in [-0.4, -0.2) is 29.7 Å². The molecule has 0 spiro atoms. The monoisotopic (exact) mass is 209 g/mol. The van der Waals surface area contributed by atoms with E-state index >= 15 is 0 Å². The van der Waals surface area contributed by atoms with E-state index < -0.39 is 0 Å². The average Bonchev–Trinajstić information content (AvgIpc) is 2.48. The van der Waals surface area contributed by atoms with Gasteiger partial charge >= 0.3 is 0 Å². The minimum absolute atomic E-state index is 0.398. The van der Waals surface area contributed by atoms with Crippen LogP contribution < -0.4 is 0 Å². The van der Waals surface area contributed by atoms with Crippen molar-refractivity contribution < 1.29 is 4.74 Å². The molecule has 0 aromatic heterocycles. The van der Waals surface area contributed by atoms with Crippen LogP contribution in [0.4, 0.5) is 0 Å². The van der Waals surface area contributed by atoms with Gasteiger partial charge in [-0.2, -0.15) is 0 Å². The largest absolute Gasteiger partial charge is 0.358 e. The Balaban J connectivity index is 1.87. The third-order valence-corrected chi connectivity index (χ3v) is 2.80. The topological polar surface area (TPSA) is 45.1 Å². The van der Waals surface area contributed by atoms with E-state index in [2.05, 4.69) is 5.18 Å². The van der Waals surface area contributed by atoms with Crippen LogP contribution in [0.3, 0.4) is 0 Å². The van der Waals surface area contributed by atoms with E-state index in [1.165, 1.54) is 12.6 Å². The van der Waals surface area contributed by atoms with Crippen molar-refractivity contribution in [2.45, 2.75) is 25.4 Å². The van der Waals surface area contributed by atoms with Crippen LogP contribution in [0.15, 0.2) is 29.6 Å². The molecule has 0 unspecified atom stereocenters. The molecule has 0 atom stereocenters. The van der Waals surface area contributed by atoms with Crippen LogP contribution >= 0.6 is 0 Å². The van der Waals surface area contributed by atoms with Gasteiger partial charge in [0.05, 0.1) is 6.10 Å². The Morgan fingerprint density at radius 1 is 1.60 bits per heavy atom. The quantitative estimate of drug-likeness (QED) is 0.662. The fraction of sp³-hybridized carbons (Fsp3) is 0.600. The first-order chi connectivity index (χ1) is 7.31. The number of rotatable bonds is 4. The van der Waals surface area contributed by atoms with Crippen molar-refractivity contribution in [3.63, 3.8) is 0 Å². The molecule has 0 aromatic carbocycles. The summed E-state index contributed by atoms with van der Waals surface area (Å²) in [6.07, 6.45) is 9.02. The first-order valence-electron chi connectivity index (χ1n) is 5.13. The van der Waals surface area contributed by atoms with Gasteiger partial charge in [0, 0.05) is 19.4 Å². The summed E-state index contributed by atoms with van der Waals surface area (Å²) in [5, 5.41) is 2.79. The Labute approximate surface area is 89.0 Å². The fourth-order valence-corrected chi connectivity index (χ4v) is 1.58. The summed E-state index contributed by atoms with van der Waals surface area (Å²) in [5.41, 5.74) is 0. The summed E-state index contributed by atoms with van der Waals surface area (Å²) in [6, 6.07) is 0. The second-order valence-electron chi connectivity index (χ2n) is 3.82. The Morgan fingerprint density at radius 2 is 2.40 bits per heavy atom. The molecule has 82 valence electrons. The Bertz CT molecular complexity index is 297. The van der Waals surface area contributed by atoms with Gasteiger partial charge in [-0.05, 0) is 24.4 Å². The maximum atomic E-state index is 10.2. The Hall–Kier alpha value is -1.36. The van der Waals surface area contributed by atoms with E-state index in [0.717, 1.165) is 18.7 Å². The van der Waals surface area contributed by atoms with E-state index in [1.54, 1.807) is 0 Å². The van der Waals surface area contributed by atoms with Crippen molar-refractivity contribution in [3.05, 3.63) is 29.3 Å². The van der Waals surface area contributed by atoms with Gasteiger partial charge in [-0.3, -0.25) is 0 Å². The minimum atomic E-state index is 0.398. The van der Waals surface area contributed by atoms with E-state index in [4.69, 9.17) is 4.74 Å². The van der Waals surface area contributed by atoms with Crippen molar-refractivity contribution >= 4 is 0 Å². The van der Waals surface area contributed by atoms with E-state index in [-0.39, 0.29) is 0 Å². The zero-order chi connectivity index (χ0) is 10.7. The third-order valence-electron chi connectivity index (χ3n) is 2.80. The van der Waals surface area contributed by atoms with Crippen LogP contribution in [0.5, 0.6) is 0 Å². The lowest BCUT2D eigenvalue weighted by molar-refractivity contribution is -0.0355. The normalized spacial score (nSPS) is 23.7. The Morgan fingerprint density at radius 3 is 3.00 bits per heavy atom. The molecule has 1 saturated carbocycles. The highest BCUT2D eigenvalue weighted by Crippen LogP contribution is 2.24. The minimum Gasteiger partial charge on any atom is -0.358 e. The summed E-state index contributed by atoms with van der Waals surface area (Å²) < 4.78 is 5.65. The summed E-state index contributed by atoms with van der Waals surface area (Å²) in [7, 11) is 1.87. The number of ether oxygens (including phenoxy) is 1. The average molecular weight is 209 g/mol. The van der Waals surface area contributed by atoms with Gasteiger partial charge in [0.25, 0.3) is 0 Å². The highest BCUT2D eigenvalue weighted by atomic mass is 16.5. The number of hydrogen-bond acceptors (Lipinski definition) is 5. The first kappa shape index (κ1) is 10.2. The molecule has 1 aliphatic carbocycles. The fourth-order valence-electron chi connectivity index (χ4n) is 1.58. The van der Waals surface area contributed by atoms with Gasteiger partial charge in [-0.15, -0.1) is 4.91 Å². The maximum absolute atomic E-state index is 10.2. The van der Waals surface area contributed by atoms with E-state index in [0.29, 0.717) is 12.8 Å². The molecule has 2 rings (SSSR count). The van der Waals surface area contributed by atoms with Crippen LogP contribution in [0.2, 0.25) is 0 Å². The molecule has 5 heteroatoms. The number of nitroso groups, excluding NO2 is 1. The van der Waals surface area contributed by atoms with Gasteiger partial charge in [-0.25, -0.2) is 0 Å². The molecule has 0 amide bonds. The van der Waals surface area contributed by atoms with Gasteiger partial charge < -0.3 is 14.5 Å². The van der Waals surface area contributed by atoms with Crippen molar-refractivity contribution in [1.82, 2.24) is 9.80 Å². The molecule has 1 aliphatic heterocycles. The van der Waals surface area contributed by atoms with Crippen LogP contribution in [0.1, 0.15) is 19.3 Å². The van der Waals surface area contributed by atoms with Crippen molar-refractivity contribution in [1.29, 1.82) is 0 Å². The second kappa shape index (κ2) is 4.44. The molecular weight excluding hydrogens is 194 g/mol. The summed E-state index contributed by atoms with van der Waals surface area (Å²) >= 11 is 0. The summed E-state index contributed by atoms with van der Waals surface area (Å²) in [6.45, 7) is 0.493. The highest BCUT2D eigenvalue weighted by Gasteiger charge is 2.21. The van der Waals surface area contributed by atoms with Gasteiger partial charge in [0.2, 0.25) is 0 Å². The van der Waals surface area contributed by atoms with Crippen molar-refractivity contribution in [2.75, 3.05) is 13.8 Å². The smallest absolute Gasteiger partial charge is 0.136 e. The lowest BCUT2D eigenvalue weighted by atomic mass is 9.96. The third kappa shape index (κ3) is 2.18. The molecular formula is C10H15N3O2. The summed E-state index contributed by atoms with van der Waals surface area (Å²) in [5.74, 6) is 0.754. The molecule has 0 saturated heterocycles. The summed E-state index contributed by atoms with van der Waals surface area (Å²) in [4.78, 5) is 13.9. The molecule has 5 nitrogen and oxygen atoms in total. The molecule has 2 aliphatic rings. The number of hydrogen-bond donors (Lipinski definition) is 0. The SMILES string of the molecule is CN1C=CN(COC2CCC2)/C1=C\N=O. The molecule has 0 bridgehead atoms. The molecule has 0 radical (unpaired) electrons. The molecule has 0 N–H and O–H groups in total. The second-order valence-corrected chi connectivity index (χ2v) is 3.82. The first-order valence-corrected chi connectivity index (χ1v) is 5.13. The number of nitrogens with zero attached hydrogens (tertiary/aromatic N) is 3. The van der Waals surface area contributed by atoms with Crippen LogP contribution in [0.25, 0.3) is 0 Å². The maximum Gasteiger partial charge on any atom is 0.136 e. The van der Waals surface area contributed by atoms with Crippen molar-refractivity contribution in [3.8, 4) is 0 Å². The standard InChI is InChI=1S/C10H15N3O2/c1-12-5-6-13(10(12)7-11-14)8-15-9-3-2-4-9/h5-7,9H,2-4,8H2,1H3/b10-7-. The predicted molar refractivity (Wildman–Crippen MR) is 56.2 cm³/mol. The lowest BCUT2D eigenvalue weighted by Crippen LogP contribution is -2.29. The lowest BCUT2D eigenvalue weighted by Gasteiger charge is -2.29. The van der Waals surface area contributed by atoms with Gasteiger partial charge in [0.1, 0.15) is 18.8 Å². The van der Waals surface area contributed by atoms with Crippen LogP contribution in [0, 0.1) is 4.91 Å². The zero-order valence-electron chi connectivity index (χ0n) is 8.80. The van der Waals surface area contributed by atoms with Crippen LogP contribution in [-0.2, 0) is 4.74 Å². The molecule has 15 heavy (non-hydrogen) atoms. The van der Waals surface area contributed by atoms with Crippen molar-refractivity contribution in [2.24, 2.45) is 5.18 Å². The van der Waals surface area contributed by atoms with Gasteiger partial charge in [0.15, 0.2) is 0 Å². The molecule has 0 aromatic rings. The molecule has 1 fully saturated rings. The molecule has 1 heterocycles. The zero-order valence-corrected chi connectivity index (χ0v) is 8.80. The Kier molecular flexibility index (Phi) is 3.01. The highest BCUT2D eigenvalue weighted by molar-refractivity contribution is 5.12. The van der Waals surface area contributed by atoms with E-state index in [1.807, 2.05) is 29.2 Å². The van der Waals surface area contributed by atoms with E-state index in [9.17, 15) is 4.91 Å².